The summed E-state index contributed by atoms with van der Waals surface area (Å²) in [5.41, 5.74) is 3.31. The number of nitrogens with one attached hydrogen (secondary N) is 1. The van der Waals surface area contributed by atoms with Crippen LogP contribution in [-0.4, -0.2) is 35.1 Å². The second kappa shape index (κ2) is 9.74. The Morgan fingerprint density at radius 2 is 2.05 bits per heavy atom. The van der Waals surface area contributed by atoms with Crippen LogP contribution in [0.4, 0.5) is 0 Å². The third-order valence-electron chi connectivity index (χ3n) is 3.21. The van der Waals surface area contributed by atoms with Crippen LogP contribution >= 0.6 is 0 Å². The van der Waals surface area contributed by atoms with E-state index in [1.165, 1.54) is 0 Å². The molecule has 1 aromatic carbocycles. The second-order valence-electron chi connectivity index (χ2n) is 5.78. The van der Waals surface area contributed by atoms with E-state index >= 15 is 0 Å². The molecule has 0 aromatic heterocycles. The average molecular weight is 325 g/mol. The first-order valence-electron chi connectivity index (χ1n) is 7.68. The van der Waals surface area contributed by atoms with Gasteiger partial charge in [0.25, 0.3) is 0 Å². The van der Waals surface area contributed by atoms with Crippen LogP contribution in [0.5, 0.6) is 0 Å². The van der Waals surface area contributed by atoms with Gasteiger partial charge in [-0.25, -0.2) is 0 Å². The Bertz CT molecular complexity index is 515. The molecule has 0 saturated carbocycles. The van der Waals surface area contributed by atoms with E-state index in [-0.39, 0.29) is 17.8 Å². The first-order valence-corrected chi connectivity index (χ1v) is 9.16. The fraction of sp³-hybridized carbons (Fsp3) is 0.588. The standard InChI is InChI=1S/C17H27NO3S/c1-13(2)21-9-5-8-18-17(19)12-22(20)11-16-10-14(3)6-7-15(16)4/h6-7,10,13H,5,8-9,11-12H2,1-4H3,(H,18,19)/t22-/m0/s1. The van der Waals surface area contributed by atoms with Gasteiger partial charge < -0.3 is 10.1 Å². The maximum absolute atomic E-state index is 12.1. The van der Waals surface area contributed by atoms with Gasteiger partial charge in [-0.15, -0.1) is 0 Å². The zero-order chi connectivity index (χ0) is 16.5. The van der Waals surface area contributed by atoms with Crippen LogP contribution < -0.4 is 5.32 Å². The number of benzene rings is 1. The van der Waals surface area contributed by atoms with Crippen LogP contribution in [0.15, 0.2) is 18.2 Å². The molecule has 0 aliphatic rings. The SMILES string of the molecule is Cc1ccc(C)c(C[S@](=O)CC(=O)NCCCOC(C)C)c1. The first kappa shape index (κ1) is 18.8. The highest BCUT2D eigenvalue weighted by atomic mass is 32.2. The maximum Gasteiger partial charge on any atom is 0.232 e. The molecular weight excluding hydrogens is 298 g/mol. The molecule has 0 fully saturated rings. The fourth-order valence-electron chi connectivity index (χ4n) is 2.00. The van der Waals surface area contributed by atoms with Gasteiger partial charge in [-0.3, -0.25) is 9.00 Å². The molecule has 0 saturated heterocycles. The summed E-state index contributed by atoms with van der Waals surface area (Å²) < 4.78 is 17.5. The minimum absolute atomic E-state index is 0.0540. The Balaban J connectivity index is 2.29. The van der Waals surface area contributed by atoms with E-state index in [0.717, 1.165) is 23.1 Å². The molecular formula is C17H27NO3S. The third-order valence-corrected chi connectivity index (χ3v) is 4.42. The number of ether oxygens (including phenoxy) is 1. The van der Waals surface area contributed by atoms with Gasteiger partial charge in [0, 0.05) is 29.7 Å². The van der Waals surface area contributed by atoms with Crippen molar-refractivity contribution < 1.29 is 13.7 Å². The number of carbonyl (C=O) groups excluding carboxylic acids is 1. The minimum Gasteiger partial charge on any atom is -0.379 e. The molecule has 4 nitrogen and oxygen atoms in total. The Kier molecular flexibility index (Phi) is 8.35. The molecule has 0 aliphatic heterocycles. The van der Waals surface area contributed by atoms with Crippen LogP contribution in [-0.2, 0) is 26.1 Å². The monoisotopic (exact) mass is 325 g/mol. The predicted octanol–water partition coefficient (Wildman–Crippen LogP) is 2.48. The Morgan fingerprint density at radius 1 is 1.32 bits per heavy atom. The van der Waals surface area contributed by atoms with Crippen LogP contribution in [0.1, 0.15) is 37.0 Å². The molecule has 1 atom stereocenters. The zero-order valence-electron chi connectivity index (χ0n) is 14.0. The summed E-state index contributed by atoms with van der Waals surface area (Å²) in [5, 5.41) is 2.79. The van der Waals surface area contributed by atoms with Gasteiger partial charge in [-0.2, -0.15) is 0 Å². The van der Waals surface area contributed by atoms with Gasteiger partial charge in [0.1, 0.15) is 5.75 Å². The molecule has 1 amide bonds. The fourth-order valence-corrected chi connectivity index (χ4v) is 3.15. The predicted molar refractivity (Wildman–Crippen MR) is 91.3 cm³/mol. The molecule has 0 unspecified atom stereocenters. The summed E-state index contributed by atoms with van der Waals surface area (Å²) in [6, 6.07) is 6.10. The molecule has 124 valence electrons. The van der Waals surface area contributed by atoms with Crippen molar-refractivity contribution >= 4 is 16.7 Å². The third kappa shape index (κ3) is 7.71. The Morgan fingerprint density at radius 3 is 2.73 bits per heavy atom. The van der Waals surface area contributed by atoms with Gasteiger partial charge in [-0.05, 0) is 45.2 Å². The van der Waals surface area contributed by atoms with E-state index < -0.39 is 10.8 Å². The first-order chi connectivity index (χ1) is 10.4. The molecule has 0 bridgehead atoms. The number of amides is 1. The highest BCUT2D eigenvalue weighted by molar-refractivity contribution is 7.84. The van der Waals surface area contributed by atoms with E-state index in [4.69, 9.17) is 4.74 Å². The van der Waals surface area contributed by atoms with Gasteiger partial charge in [0.2, 0.25) is 5.91 Å². The maximum atomic E-state index is 12.1. The number of rotatable bonds is 9. The number of hydrogen-bond donors (Lipinski definition) is 1. The molecule has 1 N–H and O–H groups in total. The van der Waals surface area contributed by atoms with Crippen LogP contribution in [0.25, 0.3) is 0 Å². The lowest BCUT2D eigenvalue weighted by atomic mass is 10.1. The number of aryl methyl sites for hydroxylation is 2. The summed E-state index contributed by atoms with van der Waals surface area (Å²) in [6.07, 6.45) is 0.980. The highest BCUT2D eigenvalue weighted by Gasteiger charge is 2.10. The van der Waals surface area contributed by atoms with Crippen molar-refractivity contribution in [1.82, 2.24) is 5.32 Å². The summed E-state index contributed by atoms with van der Waals surface area (Å²) in [6.45, 7) is 9.17. The number of hydrogen-bond acceptors (Lipinski definition) is 3. The smallest absolute Gasteiger partial charge is 0.232 e. The number of carbonyl (C=O) groups is 1. The van der Waals surface area contributed by atoms with E-state index in [9.17, 15) is 9.00 Å². The van der Waals surface area contributed by atoms with E-state index in [2.05, 4.69) is 5.32 Å². The van der Waals surface area contributed by atoms with Crippen LogP contribution in [0, 0.1) is 13.8 Å². The van der Waals surface area contributed by atoms with Crippen molar-refractivity contribution in [3.05, 3.63) is 34.9 Å². The lowest BCUT2D eigenvalue weighted by molar-refractivity contribution is -0.118. The van der Waals surface area contributed by atoms with Gasteiger partial charge in [0.05, 0.1) is 6.10 Å². The lowest BCUT2D eigenvalue weighted by Crippen LogP contribution is -2.30. The topological polar surface area (TPSA) is 55.4 Å². The summed E-state index contributed by atoms with van der Waals surface area (Å²) in [7, 11) is -1.18. The highest BCUT2D eigenvalue weighted by Crippen LogP contribution is 2.12. The molecule has 0 heterocycles. The molecule has 22 heavy (non-hydrogen) atoms. The van der Waals surface area contributed by atoms with E-state index in [1.807, 2.05) is 45.9 Å². The van der Waals surface area contributed by atoms with Crippen molar-refractivity contribution in [1.29, 1.82) is 0 Å². The van der Waals surface area contributed by atoms with Crippen molar-refractivity contribution in [3.63, 3.8) is 0 Å². The summed E-state index contributed by atoms with van der Waals surface area (Å²) >= 11 is 0. The molecule has 0 radical (unpaired) electrons. The quantitative estimate of drug-likeness (QED) is 0.710. The average Bonchev–Trinajstić information content (AvgIpc) is 2.42. The lowest BCUT2D eigenvalue weighted by Gasteiger charge is -2.09. The van der Waals surface area contributed by atoms with Gasteiger partial charge in [-0.1, -0.05) is 23.8 Å². The van der Waals surface area contributed by atoms with E-state index in [1.54, 1.807) is 0 Å². The van der Waals surface area contributed by atoms with E-state index in [0.29, 0.717) is 18.9 Å². The van der Waals surface area contributed by atoms with Crippen molar-refractivity contribution in [2.45, 2.75) is 46.0 Å². The Hall–Kier alpha value is -1.20. The normalized spacial score (nSPS) is 12.4. The summed E-state index contributed by atoms with van der Waals surface area (Å²) in [4.78, 5) is 11.7. The minimum atomic E-state index is -1.18. The summed E-state index contributed by atoms with van der Waals surface area (Å²) in [5.74, 6) is 0.323. The largest absolute Gasteiger partial charge is 0.379 e. The molecule has 0 spiro atoms. The van der Waals surface area contributed by atoms with Crippen LogP contribution in [0.3, 0.4) is 0 Å². The van der Waals surface area contributed by atoms with Gasteiger partial charge in [0.15, 0.2) is 0 Å². The zero-order valence-corrected chi connectivity index (χ0v) is 14.8. The Labute approximate surface area is 136 Å². The van der Waals surface area contributed by atoms with Crippen LogP contribution in [0.2, 0.25) is 0 Å². The molecule has 5 heteroatoms. The molecule has 1 rings (SSSR count). The molecule has 1 aromatic rings. The second-order valence-corrected chi connectivity index (χ2v) is 7.24. The van der Waals surface area contributed by atoms with Crippen molar-refractivity contribution in [3.8, 4) is 0 Å². The van der Waals surface area contributed by atoms with Crippen molar-refractivity contribution in [2.75, 3.05) is 18.9 Å². The van der Waals surface area contributed by atoms with Crippen molar-refractivity contribution in [2.24, 2.45) is 0 Å². The van der Waals surface area contributed by atoms with Gasteiger partial charge >= 0.3 is 0 Å². The molecule has 0 aliphatic carbocycles.